The van der Waals surface area contributed by atoms with Crippen LogP contribution in [-0.2, 0) is 6.61 Å². The van der Waals surface area contributed by atoms with E-state index >= 15 is 0 Å². The van der Waals surface area contributed by atoms with Crippen LogP contribution < -0.4 is 10.9 Å². The van der Waals surface area contributed by atoms with Gasteiger partial charge in [0.25, 0.3) is 5.91 Å². The molecule has 0 aliphatic rings. The van der Waals surface area contributed by atoms with Crippen molar-refractivity contribution >= 4 is 55.8 Å². The number of aliphatic hydroxyl groups is 1. The molecule has 156 valence electrons. The minimum absolute atomic E-state index is 0.129. The van der Waals surface area contributed by atoms with Crippen LogP contribution in [0.4, 0.5) is 11.4 Å². The molecule has 0 bridgehead atoms. The van der Waals surface area contributed by atoms with E-state index in [0.717, 1.165) is 4.47 Å². The van der Waals surface area contributed by atoms with Crippen molar-refractivity contribution in [2.24, 2.45) is 4.99 Å². The van der Waals surface area contributed by atoms with Gasteiger partial charge in [-0.15, -0.1) is 0 Å². The Morgan fingerprint density at radius 1 is 1.19 bits per heavy atom. The Hall–Kier alpha value is -3.00. The van der Waals surface area contributed by atoms with Crippen molar-refractivity contribution in [1.29, 1.82) is 0 Å². The maximum absolute atomic E-state index is 13.2. The molecule has 2 aromatic heterocycles. The van der Waals surface area contributed by atoms with Gasteiger partial charge in [0, 0.05) is 32.3 Å². The highest BCUT2D eigenvalue weighted by Crippen LogP contribution is 2.23. The number of aromatic nitrogens is 1. The average molecular weight is 499 g/mol. The van der Waals surface area contributed by atoms with Crippen LogP contribution in [0.3, 0.4) is 0 Å². The van der Waals surface area contributed by atoms with Crippen LogP contribution in [0.15, 0.2) is 74.7 Å². The Balaban J connectivity index is 1.90. The number of nitrogens with zero attached hydrogens (tertiary/aromatic N) is 2. The molecule has 6 nitrogen and oxygen atoms in total. The number of carbonyl (C=O) groups is 1. The van der Waals surface area contributed by atoms with Crippen LogP contribution in [0, 0.1) is 6.92 Å². The van der Waals surface area contributed by atoms with Gasteiger partial charge in [-0.05, 0) is 61.5 Å². The second-order valence-corrected chi connectivity index (χ2v) is 8.14. The molecule has 1 amide bonds. The van der Waals surface area contributed by atoms with Gasteiger partial charge < -0.3 is 14.8 Å². The summed E-state index contributed by atoms with van der Waals surface area (Å²) >= 11 is 9.34. The van der Waals surface area contributed by atoms with E-state index < -0.39 is 0 Å². The molecule has 31 heavy (non-hydrogen) atoms. The van der Waals surface area contributed by atoms with Gasteiger partial charge in [0.05, 0.1) is 18.0 Å². The SMILES string of the molecule is Cc1ncc(CO)c2cc(C(=O)Nc3ccc(Br)cc3)c(=Nc3ccc(Cl)cc3)oc12. The molecule has 8 heteroatoms. The zero-order valence-electron chi connectivity index (χ0n) is 16.4. The molecule has 0 spiro atoms. The van der Waals surface area contributed by atoms with Crippen molar-refractivity contribution in [3.8, 4) is 0 Å². The summed E-state index contributed by atoms with van der Waals surface area (Å²) in [6, 6.07) is 15.8. The summed E-state index contributed by atoms with van der Waals surface area (Å²) in [5, 5.41) is 13.8. The van der Waals surface area contributed by atoms with Gasteiger partial charge in [0.15, 0.2) is 5.58 Å². The molecule has 2 aromatic carbocycles. The van der Waals surface area contributed by atoms with E-state index in [1.807, 2.05) is 12.1 Å². The van der Waals surface area contributed by atoms with E-state index in [2.05, 4.69) is 31.2 Å². The van der Waals surface area contributed by atoms with Crippen LogP contribution in [0.25, 0.3) is 11.0 Å². The fraction of sp³-hybridized carbons (Fsp3) is 0.0870. The molecular weight excluding hydrogens is 482 g/mol. The second-order valence-electron chi connectivity index (χ2n) is 6.78. The Morgan fingerprint density at radius 3 is 2.58 bits per heavy atom. The maximum atomic E-state index is 13.2. The minimum Gasteiger partial charge on any atom is -0.436 e. The highest BCUT2D eigenvalue weighted by atomic mass is 79.9. The van der Waals surface area contributed by atoms with E-state index in [-0.39, 0.29) is 23.6 Å². The van der Waals surface area contributed by atoms with Gasteiger partial charge in [-0.3, -0.25) is 9.78 Å². The highest BCUT2D eigenvalue weighted by Gasteiger charge is 2.16. The van der Waals surface area contributed by atoms with Gasteiger partial charge in [0.2, 0.25) is 5.55 Å². The summed E-state index contributed by atoms with van der Waals surface area (Å²) in [7, 11) is 0. The summed E-state index contributed by atoms with van der Waals surface area (Å²) in [4.78, 5) is 21.9. The third kappa shape index (κ3) is 4.69. The van der Waals surface area contributed by atoms with Gasteiger partial charge in [-0.25, -0.2) is 4.99 Å². The van der Waals surface area contributed by atoms with Gasteiger partial charge >= 0.3 is 0 Å². The smallest absolute Gasteiger partial charge is 0.261 e. The van der Waals surface area contributed by atoms with Crippen LogP contribution >= 0.6 is 27.5 Å². The van der Waals surface area contributed by atoms with E-state index in [4.69, 9.17) is 16.0 Å². The first kappa shape index (κ1) is 21.2. The Kier molecular flexibility index (Phi) is 6.18. The number of aryl methyl sites for hydroxylation is 1. The maximum Gasteiger partial charge on any atom is 0.261 e. The Bertz CT molecular complexity index is 1330. The first-order valence-corrected chi connectivity index (χ1v) is 10.5. The molecule has 0 unspecified atom stereocenters. The van der Waals surface area contributed by atoms with Crippen molar-refractivity contribution in [2.45, 2.75) is 13.5 Å². The van der Waals surface area contributed by atoms with E-state index in [0.29, 0.717) is 38.6 Å². The molecule has 0 saturated heterocycles. The van der Waals surface area contributed by atoms with Crippen LogP contribution in [-0.4, -0.2) is 16.0 Å². The molecule has 4 rings (SSSR count). The lowest BCUT2D eigenvalue weighted by Crippen LogP contribution is -2.22. The molecule has 2 heterocycles. The zero-order chi connectivity index (χ0) is 22.0. The topological polar surface area (TPSA) is 87.7 Å². The van der Waals surface area contributed by atoms with Crippen molar-refractivity contribution in [1.82, 2.24) is 4.98 Å². The number of nitrogens with one attached hydrogen (secondary N) is 1. The predicted molar refractivity (Wildman–Crippen MR) is 123 cm³/mol. The number of carbonyl (C=O) groups excluding carboxylic acids is 1. The lowest BCUT2D eigenvalue weighted by atomic mass is 10.1. The summed E-state index contributed by atoms with van der Waals surface area (Å²) in [6.07, 6.45) is 1.57. The normalized spacial score (nSPS) is 11.7. The monoisotopic (exact) mass is 497 g/mol. The van der Waals surface area contributed by atoms with Crippen molar-refractivity contribution in [3.05, 3.63) is 92.7 Å². The molecular formula is C23H17BrClN3O3. The quantitative estimate of drug-likeness (QED) is 0.387. The number of hydrogen-bond donors (Lipinski definition) is 2. The lowest BCUT2D eigenvalue weighted by molar-refractivity contribution is 0.102. The van der Waals surface area contributed by atoms with Crippen molar-refractivity contribution in [2.75, 3.05) is 5.32 Å². The highest BCUT2D eigenvalue weighted by molar-refractivity contribution is 9.10. The van der Waals surface area contributed by atoms with Gasteiger partial charge in [-0.1, -0.05) is 27.5 Å². The lowest BCUT2D eigenvalue weighted by Gasteiger charge is -2.10. The van der Waals surface area contributed by atoms with Crippen LogP contribution in [0.5, 0.6) is 0 Å². The van der Waals surface area contributed by atoms with E-state index in [1.165, 1.54) is 0 Å². The van der Waals surface area contributed by atoms with E-state index in [1.54, 1.807) is 55.6 Å². The molecule has 0 saturated carbocycles. The predicted octanol–water partition coefficient (Wildman–Crippen LogP) is 5.53. The van der Waals surface area contributed by atoms with Gasteiger partial charge in [-0.2, -0.15) is 0 Å². The second kappa shape index (κ2) is 9.01. The Morgan fingerprint density at radius 2 is 1.90 bits per heavy atom. The number of halogens is 2. The number of rotatable bonds is 4. The number of benzene rings is 2. The molecule has 0 atom stereocenters. The third-order valence-electron chi connectivity index (χ3n) is 4.63. The molecule has 0 radical (unpaired) electrons. The summed E-state index contributed by atoms with van der Waals surface area (Å²) < 4.78 is 6.94. The number of pyridine rings is 1. The number of anilines is 1. The average Bonchev–Trinajstić information content (AvgIpc) is 2.77. The van der Waals surface area contributed by atoms with Crippen molar-refractivity contribution < 1.29 is 14.3 Å². The molecule has 4 aromatic rings. The summed E-state index contributed by atoms with van der Waals surface area (Å²) in [5.74, 6) is -0.390. The first-order chi connectivity index (χ1) is 14.9. The minimum atomic E-state index is -0.390. The van der Waals surface area contributed by atoms with E-state index in [9.17, 15) is 9.90 Å². The summed E-state index contributed by atoms with van der Waals surface area (Å²) in [6.45, 7) is 1.56. The third-order valence-corrected chi connectivity index (χ3v) is 5.41. The van der Waals surface area contributed by atoms with Crippen LogP contribution in [0.2, 0.25) is 5.02 Å². The number of fused-ring (bicyclic) bond motifs is 1. The zero-order valence-corrected chi connectivity index (χ0v) is 18.7. The molecule has 2 N–H and O–H groups in total. The Labute approximate surface area is 191 Å². The first-order valence-electron chi connectivity index (χ1n) is 9.35. The number of hydrogen-bond acceptors (Lipinski definition) is 5. The van der Waals surface area contributed by atoms with Gasteiger partial charge in [0.1, 0.15) is 5.56 Å². The molecule has 0 aliphatic carbocycles. The fourth-order valence-corrected chi connectivity index (χ4v) is 3.42. The fourth-order valence-electron chi connectivity index (χ4n) is 3.02. The molecule has 0 aliphatic heterocycles. The number of amides is 1. The van der Waals surface area contributed by atoms with Crippen molar-refractivity contribution in [3.63, 3.8) is 0 Å². The summed E-state index contributed by atoms with van der Waals surface area (Å²) in [5.41, 5.74) is 3.20. The van der Waals surface area contributed by atoms with Crippen LogP contribution in [0.1, 0.15) is 21.6 Å². The number of aliphatic hydroxyl groups excluding tert-OH is 1. The largest absolute Gasteiger partial charge is 0.436 e. The molecule has 0 fully saturated rings. The standard InChI is InChI=1S/C23H17BrClN3O3/c1-13-21-19(14(12-29)11-26-13)10-20(22(30)27-17-6-2-15(24)3-7-17)23(31-21)28-18-8-4-16(25)5-9-18/h2-11,29H,12H2,1H3,(H,27,30).